The lowest BCUT2D eigenvalue weighted by atomic mass is 10.2. The first-order valence-corrected chi connectivity index (χ1v) is 6.60. The molecule has 1 aliphatic heterocycles. The van der Waals surface area contributed by atoms with E-state index in [9.17, 15) is 0 Å². The van der Waals surface area contributed by atoms with Crippen molar-refractivity contribution in [1.29, 1.82) is 0 Å². The molecule has 0 aliphatic carbocycles. The first-order chi connectivity index (χ1) is 7.65. The molecule has 2 atom stereocenters. The number of hydrogen-bond acceptors (Lipinski definition) is 3. The predicted octanol–water partition coefficient (Wildman–Crippen LogP) is 3.68. The molecule has 0 amide bonds. The van der Waals surface area contributed by atoms with Crippen molar-refractivity contribution < 1.29 is 0 Å². The van der Waals surface area contributed by atoms with E-state index in [-0.39, 0.29) is 0 Å². The molecule has 16 heavy (non-hydrogen) atoms. The van der Waals surface area contributed by atoms with E-state index in [1.54, 1.807) is 0 Å². The summed E-state index contributed by atoms with van der Waals surface area (Å²) in [5, 5.41) is 5.13. The van der Waals surface area contributed by atoms with Crippen molar-refractivity contribution in [2.24, 2.45) is 4.99 Å². The van der Waals surface area contributed by atoms with Crippen LogP contribution in [0, 0.1) is 6.92 Å². The molecule has 2 unspecified atom stereocenters. The van der Waals surface area contributed by atoms with Crippen molar-refractivity contribution in [3.8, 4) is 0 Å². The van der Waals surface area contributed by atoms with Crippen LogP contribution >= 0.6 is 11.8 Å². The van der Waals surface area contributed by atoms with Crippen molar-refractivity contribution >= 4 is 22.6 Å². The average molecular weight is 234 g/mol. The zero-order chi connectivity index (χ0) is 11.5. The molecule has 3 heteroatoms. The molecule has 0 saturated heterocycles. The second-order valence-corrected chi connectivity index (χ2v) is 5.81. The molecule has 2 nitrogen and oxygen atoms in total. The highest BCUT2D eigenvalue weighted by Gasteiger charge is 2.18. The van der Waals surface area contributed by atoms with E-state index in [0.717, 1.165) is 10.9 Å². The number of nitrogens with one attached hydrogen (secondary N) is 1. The fourth-order valence-corrected chi connectivity index (χ4v) is 3.06. The molecule has 0 radical (unpaired) electrons. The zero-order valence-corrected chi connectivity index (χ0v) is 10.8. The van der Waals surface area contributed by atoms with Gasteiger partial charge in [0, 0.05) is 10.9 Å². The molecule has 1 N–H and O–H groups in total. The van der Waals surface area contributed by atoms with Gasteiger partial charge in [-0.05, 0) is 31.9 Å². The van der Waals surface area contributed by atoms with Crippen molar-refractivity contribution in [3.63, 3.8) is 0 Å². The number of aryl methyl sites for hydroxylation is 1. The van der Waals surface area contributed by atoms with Gasteiger partial charge in [0.25, 0.3) is 0 Å². The molecular weight excluding hydrogens is 216 g/mol. The molecule has 2 rings (SSSR count). The summed E-state index contributed by atoms with van der Waals surface area (Å²) in [5.41, 5.74) is 2.42. The number of aliphatic imine (C=N–C) groups is 1. The van der Waals surface area contributed by atoms with E-state index in [2.05, 4.69) is 55.3 Å². The second-order valence-electron chi connectivity index (χ2n) is 4.39. The number of amidine groups is 1. The van der Waals surface area contributed by atoms with E-state index >= 15 is 0 Å². The number of benzene rings is 1. The summed E-state index contributed by atoms with van der Waals surface area (Å²) in [5.74, 6) is 0. The van der Waals surface area contributed by atoms with Crippen molar-refractivity contribution in [2.45, 2.75) is 38.5 Å². The lowest BCUT2D eigenvalue weighted by Crippen LogP contribution is -2.22. The third-order valence-electron chi connectivity index (χ3n) is 2.71. The van der Waals surface area contributed by atoms with E-state index < -0.39 is 0 Å². The van der Waals surface area contributed by atoms with Gasteiger partial charge in [0.2, 0.25) is 0 Å². The number of thioether (sulfide) groups is 1. The van der Waals surface area contributed by atoms with Gasteiger partial charge in [0.1, 0.15) is 0 Å². The maximum absolute atomic E-state index is 4.64. The normalized spacial score (nSPS) is 25.1. The van der Waals surface area contributed by atoms with E-state index in [1.807, 2.05) is 11.8 Å². The van der Waals surface area contributed by atoms with Crippen molar-refractivity contribution in [3.05, 3.63) is 29.8 Å². The highest BCUT2D eigenvalue weighted by Crippen LogP contribution is 2.26. The molecule has 0 spiro atoms. The lowest BCUT2D eigenvalue weighted by Gasteiger charge is -2.23. The Labute approximate surface area is 102 Å². The van der Waals surface area contributed by atoms with Crippen LogP contribution in [0.1, 0.15) is 25.8 Å². The molecule has 0 aromatic heterocycles. The maximum Gasteiger partial charge on any atom is 0.161 e. The molecule has 1 aliphatic rings. The SMILES string of the molecule is Cc1ccccc1NC1=NC(C)CC(C)S1. The molecule has 0 bridgehead atoms. The maximum atomic E-state index is 4.64. The van der Waals surface area contributed by atoms with Gasteiger partial charge >= 0.3 is 0 Å². The highest BCUT2D eigenvalue weighted by molar-refractivity contribution is 8.14. The van der Waals surface area contributed by atoms with E-state index in [1.165, 1.54) is 12.0 Å². The first-order valence-electron chi connectivity index (χ1n) is 5.72. The van der Waals surface area contributed by atoms with Crippen LogP contribution < -0.4 is 5.32 Å². The fraction of sp³-hybridized carbons (Fsp3) is 0.462. The Morgan fingerprint density at radius 2 is 2.06 bits per heavy atom. The minimum atomic E-state index is 0.433. The third kappa shape index (κ3) is 2.79. The topological polar surface area (TPSA) is 24.4 Å². The quantitative estimate of drug-likeness (QED) is 0.801. The molecular formula is C13H18N2S. The fourth-order valence-electron chi connectivity index (χ4n) is 1.89. The Hall–Kier alpha value is -0.960. The molecule has 0 saturated carbocycles. The summed E-state index contributed by atoms with van der Waals surface area (Å²) in [6.45, 7) is 6.55. The summed E-state index contributed by atoms with van der Waals surface area (Å²) >= 11 is 1.83. The second kappa shape index (κ2) is 4.91. The molecule has 1 aromatic rings. The Morgan fingerprint density at radius 3 is 2.75 bits per heavy atom. The minimum absolute atomic E-state index is 0.433. The average Bonchev–Trinajstić information content (AvgIpc) is 2.20. The Morgan fingerprint density at radius 1 is 1.31 bits per heavy atom. The van der Waals surface area contributed by atoms with Crippen LogP contribution in [-0.4, -0.2) is 16.5 Å². The largest absolute Gasteiger partial charge is 0.335 e. The summed E-state index contributed by atoms with van der Waals surface area (Å²) in [7, 11) is 0. The monoisotopic (exact) mass is 234 g/mol. The van der Waals surface area contributed by atoms with Crippen molar-refractivity contribution in [2.75, 3.05) is 5.32 Å². The van der Waals surface area contributed by atoms with Crippen LogP contribution in [0.3, 0.4) is 0 Å². The van der Waals surface area contributed by atoms with Gasteiger partial charge in [-0.25, -0.2) is 0 Å². The van der Waals surface area contributed by atoms with Gasteiger partial charge in [0.15, 0.2) is 5.17 Å². The summed E-state index contributed by atoms with van der Waals surface area (Å²) in [6.07, 6.45) is 1.17. The first kappa shape index (κ1) is 11.5. The van der Waals surface area contributed by atoms with Gasteiger partial charge in [-0.2, -0.15) is 0 Å². The molecule has 1 heterocycles. The molecule has 1 aromatic carbocycles. The number of nitrogens with zero attached hydrogens (tertiary/aromatic N) is 1. The summed E-state index contributed by atoms with van der Waals surface area (Å²) in [6, 6.07) is 8.76. The minimum Gasteiger partial charge on any atom is -0.335 e. The van der Waals surface area contributed by atoms with Gasteiger partial charge in [-0.1, -0.05) is 36.9 Å². The summed E-state index contributed by atoms with van der Waals surface area (Å²) in [4.78, 5) is 4.64. The van der Waals surface area contributed by atoms with Gasteiger partial charge in [0.05, 0.1) is 6.04 Å². The Balaban J connectivity index is 2.13. The number of rotatable bonds is 1. The van der Waals surface area contributed by atoms with Crippen LogP contribution in [0.4, 0.5) is 5.69 Å². The number of hydrogen-bond donors (Lipinski definition) is 1. The summed E-state index contributed by atoms with van der Waals surface area (Å²) < 4.78 is 0. The van der Waals surface area contributed by atoms with E-state index in [0.29, 0.717) is 11.3 Å². The van der Waals surface area contributed by atoms with Gasteiger partial charge in [-0.3, -0.25) is 4.99 Å². The third-order valence-corrected chi connectivity index (χ3v) is 3.74. The van der Waals surface area contributed by atoms with Crippen molar-refractivity contribution in [1.82, 2.24) is 0 Å². The lowest BCUT2D eigenvalue weighted by molar-refractivity contribution is 0.661. The highest BCUT2D eigenvalue weighted by atomic mass is 32.2. The van der Waals surface area contributed by atoms with E-state index in [4.69, 9.17) is 0 Å². The van der Waals surface area contributed by atoms with Crippen LogP contribution in [0.25, 0.3) is 0 Å². The Kier molecular flexibility index (Phi) is 3.54. The van der Waals surface area contributed by atoms with Crippen LogP contribution in [-0.2, 0) is 0 Å². The zero-order valence-electron chi connectivity index (χ0n) is 10.0. The number of para-hydroxylation sites is 1. The predicted molar refractivity (Wildman–Crippen MR) is 73.4 cm³/mol. The Bertz CT molecular complexity index is 401. The van der Waals surface area contributed by atoms with Gasteiger partial charge in [-0.15, -0.1) is 0 Å². The van der Waals surface area contributed by atoms with Crippen LogP contribution in [0.2, 0.25) is 0 Å². The molecule has 86 valence electrons. The molecule has 0 fully saturated rings. The van der Waals surface area contributed by atoms with Crippen LogP contribution in [0.15, 0.2) is 29.3 Å². The number of anilines is 1. The smallest absolute Gasteiger partial charge is 0.161 e. The van der Waals surface area contributed by atoms with Gasteiger partial charge < -0.3 is 5.32 Å². The van der Waals surface area contributed by atoms with Crippen LogP contribution in [0.5, 0.6) is 0 Å². The standard InChI is InChI=1S/C13H18N2S/c1-9-6-4-5-7-12(9)15-13-14-10(2)8-11(3)16-13/h4-7,10-11H,8H2,1-3H3,(H,14,15).